The average molecular weight is 201 g/mol. The molecule has 1 rings (SSSR count). The van der Waals surface area contributed by atoms with Crippen LogP contribution in [0.2, 0.25) is 0 Å². The van der Waals surface area contributed by atoms with E-state index in [9.17, 15) is 12.3 Å². The highest BCUT2D eigenvalue weighted by atomic mass is 32.3. The monoisotopic (exact) mass is 201 g/mol. The van der Waals surface area contributed by atoms with Crippen molar-refractivity contribution in [3.8, 4) is 0 Å². The highest BCUT2D eigenvalue weighted by Gasteiger charge is 1.96. The highest BCUT2D eigenvalue weighted by molar-refractivity contribution is 7.89. The van der Waals surface area contributed by atoms with Gasteiger partial charge in [-0.1, -0.05) is 18.2 Å². The summed E-state index contributed by atoms with van der Waals surface area (Å²) in [6.45, 7) is 0. The largest absolute Gasteiger partial charge is 0.361 e. The standard InChI is InChI=1S/C8H8FNO2S/c9-13(11,12)7-6-10-8-4-2-1-3-5-8/h1-7,10H/b7-6+. The number of hydrogen-bond donors (Lipinski definition) is 1. The molecule has 0 atom stereocenters. The summed E-state index contributed by atoms with van der Waals surface area (Å²) < 4.78 is 32.0. The molecule has 5 heteroatoms. The second-order valence-corrected chi connectivity index (χ2v) is 3.51. The molecule has 0 fully saturated rings. The highest BCUT2D eigenvalue weighted by Crippen LogP contribution is 2.04. The van der Waals surface area contributed by atoms with Crippen molar-refractivity contribution < 1.29 is 12.3 Å². The normalized spacial score (nSPS) is 11.8. The zero-order valence-corrected chi connectivity index (χ0v) is 7.46. The summed E-state index contributed by atoms with van der Waals surface area (Å²) in [7, 11) is -4.54. The molecule has 0 aromatic heterocycles. The van der Waals surface area contributed by atoms with Gasteiger partial charge in [-0.2, -0.15) is 8.42 Å². The number of halogens is 1. The van der Waals surface area contributed by atoms with Gasteiger partial charge in [0.25, 0.3) is 0 Å². The van der Waals surface area contributed by atoms with Gasteiger partial charge < -0.3 is 5.32 Å². The molecule has 70 valence electrons. The molecule has 1 aromatic rings. The number of anilines is 1. The minimum atomic E-state index is -4.54. The Kier molecular flexibility index (Phi) is 3.02. The molecule has 1 aromatic carbocycles. The Bertz CT molecular complexity index is 386. The molecule has 3 nitrogen and oxygen atoms in total. The fraction of sp³-hybridized carbons (Fsp3) is 0. The van der Waals surface area contributed by atoms with E-state index < -0.39 is 10.2 Å². The fourth-order valence-corrected chi connectivity index (χ4v) is 0.976. The van der Waals surface area contributed by atoms with Gasteiger partial charge in [0, 0.05) is 11.9 Å². The summed E-state index contributed by atoms with van der Waals surface area (Å²) in [5.74, 6) is 0. The van der Waals surface area contributed by atoms with Crippen LogP contribution >= 0.6 is 0 Å². The summed E-state index contributed by atoms with van der Waals surface area (Å²) >= 11 is 0. The van der Waals surface area contributed by atoms with Gasteiger partial charge in [0.15, 0.2) is 0 Å². The van der Waals surface area contributed by atoms with E-state index >= 15 is 0 Å². The van der Waals surface area contributed by atoms with E-state index in [4.69, 9.17) is 0 Å². The van der Waals surface area contributed by atoms with Crippen LogP contribution in [0.25, 0.3) is 0 Å². The number of nitrogens with one attached hydrogen (secondary N) is 1. The molecule has 1 N–H and O–H groups in total. The fourth-order valence-electron chi connectivity index (χ4n) is 0.746. The third-order valence-electron chi connectivity index (χ3n) is 1.25. The van der Waals surface area contributed by atoms with Crippen LogP contribution in [0.1, 0.15) is 0 Å². The van der Waals surface area contributed by atoms with E-state index in [0.29, 0.717) is 11.1 Å². The number of benzene rings is 1. The molecule has 0 radical (unpaired) electrons. The van der Waals surface area contributed by atoms with Crippen molar-refractivity contribution >= 4 is 15.9 Å². The van der Waals surface area contributed by atoms with Gasteiger partial charge in [0.05, 0.1) is 5.41 Å². The van der Waals surface area contributed by atoms with Crippen LogP contribution in [-0.4, -0.2) is 8.42 Å². The first-order valence-electron chi connectivity index (χ1n) is 3.51. The zero-order chi connectivity index (χ0) is 9.73. The predicted octanol–water partition coefficient (Wildman–Crippen LogP) is 1.87. The van der Waals surface area contributed by atoms with E-state index in [1.807, 2.05) is 6.07 Å². The molecule has 0 aliphatic heterocycles. The van der Waals surface area contributed by atoms with Gasteiger partial charge in [-0.05, 0) is 12.1 Å². The van der Waals surface area contributed by atoms with Gasteiger partial charge in [0.1, 0.15) is 0 Å². The van der Waals surface area contributed by atoms with E-state index in [0.717, 1.165) is 6.20 Å². The molecule has 13 heavy (non-hydrogen) atoms. The third-order valence-corrected chi connectivity index (χ3v) is 1.72. The van der Waals surface area contributed by atoms with Crippen molar-refractivity contribution in [2.75, 3.05) is 5.32 Å². The van der Waals surface area contributed by atoms with Crippen LogP contribution < -0.4 is 5.32 Å². The van der Waals surface area contributed by atoms with E-state index in [-0.39, 0.29) is 0 Å². The van der Waals surface area contributed by atoms with Crippen molar-refractivity contribution in [2.24, 2.45) is 0 Å². The van der Waals surface area contributed by atoms with Crippen LogP contribution in [0, 0.1) is 0 Å². The lowest BCUT2D eigenvalue weighted by Crippen LogP contribution is -1.89. The summed E-state index contributed by atoms with van der Waals surface area (Å²) in [4.78, 5) is 0. The van der Waals surface area contributed by atoms with Crippen molar-refractivity contribution in [1.82, 2.24) is 0 Å². The molecule has 0 amide bonds. The Hall–Kier alpha value is -1.36. The minimum absolute atomic E-state index is 0.458. The van der Waals surface area contributed by atoms with E-state index in [1.54, 1.807) is 24.3 Å². The molecular weight excluding hydrogens is 193 g/mol. The van der Waals surface area contributed by atoms with Gasteiger partial charge >= 0.3 is 10.2 Å². The smallest absolute Gasteiger partial charge is 0.326 e. The lowest BCUT2D eigenvalue weighted by atomic mass is 10.3. The second-order valence-electron chi connectivity index (χ2n) is 2.29. The van der Waals surface area contributed by atoms with E-state index in [2.05, 4.69) is 5.32 Å². The first-order chi connectivity index (χ1) is 6.08. The molecule has 0 aliphatic carbocycles. The van der Waals surface area contributed by atoms with Crippen LogP contribution in [0.3, 0.4) is 0 Å². The molecule has 0 spiro atoms. The molecule has 0 aliphatic rings. The molecule has 0 saturated heterocycles. The molecule has 0 bridgehead atoms. The lowest BCUT2D eigenvalue weighted by molar-refractivity contribution is 0.563. The summed E-state index contributed by atoms with van der Waals surface area (Å²) in [5.41, 5.74) is 0.697. The van der Waals surface area contributed by atoms with Gasteiger partial charge in [-0.25, -0.2) is 0 Å². The molecule has 0 unspecified atom stereocenters. The first-order valence-corrected chi connectivity index (χ1v) is 4.95. The summed E-state index contributed by atoms with van der Waals surface area (Å²) in [5, 5.41) is 3.06. The van der Waals surface area contributed by atoms with Crippen LogP contribution in [0.4, 0.5) is 9.57 Å². The Morgan fingerprint density at radius 2 is 1.85 bits per heavy atom. The Morgan fingerprint density at radius 1 is 1.23 bits per heavy atom. The Morgan fingerprint density at radius 3 is 2.38 bits per heavy atom. The van der Waals surface area contributed by atoms with Gasteiger partial charge in [-0.3, -0.25) is 0 Å². The second kappa shape index (κ2) is 4.04. The maximum absolute atomic E-state index is 11.9. The van der Waals surface area contributed by atoms with Crippen molar-refractivity contribution in [3.63, 3.8) is 0 Å². The summed E-state index contributed by atoms with van der Waals surface area (Å²) in [6.07, 6.45) is 1.03. The predicted molar refractivity (Wildman–Crippen MR) is 49.2 cm³/mol. The molecule has 0 saturated carbocycles. The molecule has 0 heterocycles. The maximum Gasteiger partial charge on any atom is 0.326 e. The number of para-hydroxylation sites is 1. The maximum atomic E-state index is 11.9. The molecular formula is C8H8FNO2S. The number of rotatable bonds is 3. The van der Waals surface area contributed by atoms with Crippen LogP contribution in [-0.2, 0) is 10.2 Å². The van der Waals surface area contributed by atoms with Gasteiger partial charge in [0.2, 0.25) is 0 Å². The van der Waals surface area contributed by atoms with Crippen molar-refractivity contribution in [2.45, 2.75) is 0 Å². The Labute approximate surface area is 76.1 Å². The van der Waals surface area contributed by atoms with Crippen molar-refractivity contribution in [1.29, 1.82) is 0 Å². The minimum Gasteiger partial charge on any atom is -0.361 e. The zero-order valence-electron chi connectivity index (χ0n) is 6.64. The SMILES string of the molecule is O=S(=O)(F)/C=C/Nc1ccccc1. The number of hydrogen-bond acceptors (Lipinski definition) is 3. The lowest BCUT2D eigenvalue weighted by Gasteiger charge is -1.96. The van der Waals surface area contributed by atoms with E-state index in [1.165, 1.54) is 0 Å². The van der Waals surface area contributed by atoms with Crippen LogP contribution in [0.15, 0.2) is 41.9 Å². The quantitative estimate of drug-likeness (QED) is 0.759. The Balaban J connectivity index is 2.59. The summed E-state index contributed by atoms with van der Waals surface area (Å²) in [6, 6.07) is 8.84. The topological polar surface area (TPSA) is 46.2 Å². The average Bonchev–Trinajstić information content (AvgIpc) is 2.04. The van der Waals surface area contributed by atoms with Gasteiger partial charge in [-0.15, -0.1) is 3.89 Å². The first kappa shape index (κ1) is 9.73. The van der Waals surface area contributed by atoms with Crippen molar-refractivity contribution in [3.05, 3.63) is 41.9 Å². The third kappa shape index (κ3) is 4.27. The van der Waals surface area contributed by atoms with Crippen LogP contribution in [0.5, 0.6) is 0 Å².